The zero-order valence-electron chi connectivity index (χ0n) is 15.4. The van der Waals surface area contributed by atoms with Crippen LogP contribution in [0.15, 0.2) is 41.1 Å². The molecule has 0 bridgehead atoms. The third-order valence-electron chi connectivity index (χ3n) is 4.86. The lowest BCUT2D eigenvalue weighted by Gasteiger charge is -2.33. The molecule has 0 amide bonds. The summed E-state index contributed by atoms with van der Waals surface area (Å²) >= 11 is 9.43. The van der Waals surface area contributed by atoms with Gasteiger partial charge in [-0.05, 0) is 21.5 Å². The fourth-order valence-electron chi connectivity index (χ4n) is 3.47. The van der Waals surface area contributed by atoms with Crippen molar-refractivity contribution in [2.45, 2.75) is 12.6 Å². The van der Waals surface area contributed by atoms with Crippen LogP contribution in [-0.4, -0.2) is 52.3 Å². The number of ether oxygens (including phenoxy) is 1. The van der Waals surface area contributed by atoms with E-state index in [1.807, 2.05) is 18.2 Å². The van der Waals surface area contributed by atoms with Crippen molar-refractivity contribution in [1.82, 2.24) is 20.2 Å². The van der Waals surface area contributed by atoms with E-state index < -0.39 is 5.82 Å². The van der Waals surface area contributed by atoms with Crippen molar-refractivity contribution in [3.05, 3.63) is 57.5 Å². The Morgan fingerprint density at radius 3 is 2.90 bits per heavy atom. The van der Waals surface area contributed by atoms with Gasteiger partial charge < -0.3 is 15.2 Å². The predicted molar refractivity (Wildman–Crippen MR) is 113 cm³/mol. The van der Waals surface area contributed by atoms with E-state index in [-0.39, 0.29) is 38.1 Å². The second-order valence-electron chi connectivity index (χ2n) is 6.87. The van der Waals surface area contributed by atoms with Gasteiger partial charge in [0.25, 0.3) is 0 Å². The molecule has 0 aliphatic carbocycles. The monoisotopic (exact) mass is 480 g/mol. The third kappa shape index (κ3) is 4.30. The Kier molecular flexibility index (Phi) is 6.15. The van der Waals surface area contributed by atoms with E-state index in [4.69, 9.17) is 16.3 Å². The Morgan fingerprint density at radius 1 is 1.31 bits per heavy atom. The van der Waals surface area contributed by atoms with E-state index >= 15 is 0 Å². The average molecular weight is 482 g/mol. The van der Waals surface area contributed by atoms with Crippen molar-refractivity contribution in [1.29, 1.82) is 0 Å². The first-order valence-electron chi connectivity index (χ1n) is 9.17. The maximum atomic E-state index is 14.5. The van der Waals surface area contributed by atoms with Crippen LogP contribution in [0.3, 0.4) is 0 Å². The van der Waals surface area contributed by atoms with Gasteiger partial charge in [0.15, 0.2) is 11.6 Å². The lowest BCUT2D eigenvalue weighted by Crippen LogP contribution is -2.52. The number of piperazine rings is 1. The van der Waals surface area contributed by atoms with Gasteiger partial charge in [-0.15, -0.1) is 0 Å². The molecular weight excluding hydrogens is 463 g/mol. The van der Waals surface area contributed by atoms with E-state index in [0.717, 1.165) is 32.5 Å². The second kappa shape index (κ2) is 8.79. The number of nitrogens with zero attached hydrogens (tertiary/aromatic N) is 3. The molecule has 1 atom stereocenters. The topological polar surface area (TPSA) is 70.5 Å². The van der Waals surface area contributed by atoms with Crippen LogP contribution < -0.4 is 10.1 Å². The normalized spacial score (nSPS) is 17.6. The van der Waals surface area contributed by atoms with Gasteiger partial charge in [0.05, 0.1) is 10.5 Å². The van der Waals surface area contributed by atoms with Gasteiger partial charge in [0, 0.05) is 26.2 Å². The van der Waals surface area contributed by atoms with Gasteiger partial charge in [-0.3, -0.25) is 4.90 Å². The molecule has 1 unspecified atom stereocenters. The van der Waals surface area contributed by atoms with Crippen molar-refractivity contribution >= 4 is 38.4 Å². The summed E-state index contributed by atoms with van der Waals surface area (Å²) in [6, 6.07) is 10.3. The molecule has 6 nitrogen and oxygen atoms in total. The molecule has 3 aromatic rings. The van der Waals surface area contributed by atoms with Crippen LogP contribution >= 0.6 is 27.5 Å². The molecule has 0 saturated carbocycles. The molecular formula is C20H19BrClFN4O2. The summed E-state index contributed by atoms with van der Waals surface area (Å²) in [5.41, 5.74) is 1.21. The Hall–Kier alpha value is -2.00. The largest absolute Gasteiger partial charge is 0.493 e. The van der Waals surface area contributed by atoms with Crippen molar-refractivity contribution in [3.8, 4) is 11.6 Å². The van der Waals surface area contributed by atoms with Gasteiger partial charge in [-0.1, -0.05) is 41.9 Å². The highest BCUT2D eigenvalue weighted by Crippen LogP contribution is 2.43. The first-order valence-corrected chi connectivity index (χ1v) is 10.3. The highest BCUT2D eigenvalue weighted by Gasteiger charge is 2.25. The number of nitrogens with one attached hydrogen (secondary N) is 1. The Balaban J connectivity index is 1.51. The fraction of sp³-hybridized carbons (Fsp3) is 0.300. The smallest absolute Gasteiger partial charge is 0.225 e. The highest BCUT2D eigenvalue weighted by atomic mass is 79.9. The van der Waals surface area contributed by atoms with E-state index in [0.29, 0.717) is 6.61 Å². The first-order chi connectivity index (χ1) is 14.0. The third-order valence-corrected chi connectivity index (χ3v) is 6.20. The number of halogens is 3. The number of benzene rings is 2. The molecule has 2 aromatic carbocycles. The molecule has 1 saturated heterocycles. The van der Waals surface area contributed by atoms with Gasteiger partial charge >= 0.3 is 0 Å². The number of aromatic nitrogens is 2. The molecule has 9 heteroatoms. The fourth-order valence-corrected chi connectivity index (χ4v) is 4.07. The molecule has 4 rings (SSSR count). The highest BCUT2D eigenvalue weighted by molar-refractivity contribution is 9.10. The SMILES string of the molecule is Oc1ncnc2c(F)c(Br)c(Cl)c(OCC3CN(Cc4ccccc4)CCN3)c12. The number of hydrogen-bond acceptors (Lipinski definition) is 6. The summed E-state index contributed by atoms with van der Waals surface area (Å²) in [6.07, 6.45) is 1.09. The molecule has 0 radical (unpaired) electrons. The predicted octanol–water partition coefficient (Wildman–Crippen LogP) is 3.74. The maximum Gasteiger partial charge on any atom is 0.225 e. The Morgan fingerprint density at radius 2 is 2.10 bits per heavy atom. The van der Waals surface area contributed by atoms with E-state index in [2.05, 4.69) is 48.2 Å². The number of rotatable bonds is 5. The van der Waals surface area contributed by atoms with Crippen LogP contribution in [0.5, 0.6) is 11.6 Å². The second-order valence-corrected chi connectivity index (χ2v) is 8.05. The minimum atomic E-state index is -0.667. The zero-order valence-corrected chi connectivity index (χ0v) is 17.7. The molecule has 0 spiro atoms. The van der Waals surface area contributed by atoms with Gasteiger partial charge in [-0.2, -0.15) is 0 Å². The van der Waals surface area contributed by atoms with Crippen LogP contribution in [0, 0.1) is 5.82 Å². The molecule has 1 fully saturated rings. The Bertz CT molecular complexity index is 1020. The quantitative estimate of drug-likeness (QED) is 0.541. The van der Waals surface area contributed by atoms with Gasteiger partial charge in [-0.25, -0.2) is 14.4 Å². The van der Waals surface area contributed by atoms with Crippen LogP contribution in [0.2, 0.25) is 5.02 Å². The van der Waals surface area contributed by atoms with Crippen LogP contribution in [0.1, 0.15) is 5.56 Å². The molecule has 1 aromatic heterocycles. The summed E-state index contributed by atoms with van der Waals surface area (Å²) in [4.78, 5) is 10.0. The number of fused-ring (bicyclic) bond motifs is 1. The lowest BCUT2D eigenvalue weighted by atomic mass is 10.1. The standard InChI is InChI=1S/C20H19BrClFN4O2/c21-15-16(22)19(14-18(17(15)23)25-11-26-20(14)28)29-10-13-9-27(7-6-24-13)8-12-4-2-1-3-5-12/h1-5,11,13,24H,6-10H2,(H,25,26,28). The molecule has 2 heterocycles. The van der Waals surface area contributed by atoms with Crippen LogP contribution in [0.4, 0.5) is 4.39 Å². The first kappa shape index (κ1) is 20.3. The van der Waals surface area contributed by atoms with Crippen molar-refractivity contribution in [2.24, 2.45) is 0 Å². The molecule has 152 valence electrons. The van der Waals surface area contributed by atoms with Gasteiger partial charge in [0.1, 0.15) is 28.9 Å². The minimum Gasteiger partial charge on any atom is -0.493 e. The van der Waals surface area contributed by atoms with Gasteiger partial charge in [0.2, 0.25) is 5.88 Å². The summed E-state index contributed by atoms with van der Waals surface area (Å²) in [6.45, 7) is 3.71. The summed E-state index contributed by atoms with van der Waals surface area (Å²) in [5, 5.41) is 13.7. The number of hydrogen-bond donors (Lipinski definition) is 2. The molecule has 1 aliphatic heterocycles. The molecule has 29 heavy (non-hydrogen) atoms. The van der Waals surface area contributed by atoms with Crippen LogP contribution in [0.25, 0.3) is 10.9 Å². The van der Waals surface area contributed by atoms with E-state index in [1.165, 1.54) is 5.56 Å². The number of aromatic hydroxyl groups is 1. The van der Waals surface area contributed by atoms with Crippen LogP contribution in [-0.2, 0) is 6.54 Å². The lowest BCUT2D eigenvalue weighted by molar-refractivity contribution is 0.153. The summed E-state index contributed by atoms with van der Waals surface area (Å²) < 4.78 is 20.5. The molecule has 2 N–H and O–H groups in total. The van der Waals surface area contributed by atoms with E-state index in [1.54, 1.807) is 0 Å². The maximum absolute atomic E-state index is 14.5. The molecule has 1 aliphatic rings. The summed E-state index contributed by atoms with van der Waals surface area (Å²) in [5.74, 6) is -0.879. The zero-order chi connectivity index (χ0) is 20.4. The summed E-state index contributed by atoms with van der Waals surface area (Å²) in [7, 11) is 0. The van der Waals surface area contributed by atoms with E-state index in [9.17, 15) is 9.50 Å². The van der Waals surface area contributed by atoms with Crippen molar-refractivity contribution < 1.29 is 14.2 Å². The van der Waals surface area contributed by atoms with Crippen molar-refractivity contribution in [2.75, 3.05) is 26.2 Å². The Labute approximate surface area is 180 Å². The minimum absolute atomic E-state index is 0.0389. The van der Waals surface area contributed by atoms with Crippen molar-refractivity contribution in [3.63, 3.8) is 0 Å². The average Bonchev–Trinajstić information content (AvgIpc) is 2.73.